The first-order valence-corrected chi connectivity index (χ1v) is 4.93. The van der Waals surface area contributed by atoms with Gasteiger partial charge in [-0.25, -0.2) is 8.78 Å². The van der Waals surface area contributed by atoms with Crippen molar-refractivity contribution in [1.82, 2.24) is 4.98 Å². The summed E-state index contributed by atoms with van der Waals surface area (Å²) in [5, 5.41) is 0. The summed E-state index contributed by atoms with van der Waals surface area (Å²) >= 11 is 7.25. The summed E-state index contributed by atoms with van der Waals surface area (Å²) in [6, 6.07) is 0.880. The van der Waals surface area contributed by atoms with E-state index in [0.717, 1.165) is 6.07 Å². The van der Waals surface area contributed by atoms with E-state index < -0.39 is 12.0 Å². The van der Waals surface area contributed by atoms with E-state index in [-0.39, 0.29) is 17.0 Å². The Labute approximate surface area is 91.4 Å². The molecule has 0 bridgehead atoms. The quantitative estimate of drug-likeness (QED) is 0.507. The fourth-order valence-electron chi connectivity index (χ4n) is 0.905. The molecular formula is C7H5ClF2INO. The Kier molecular flexibility index (Phi) is 3.66. The van der Waals surface area contributed by atoms with Crippen LogP contribution < -0.4 is 5.56 Å². The molecule has 0 saturated heterocycles. The first-order chi connectivity index (χ1) is 6.06. The smallest absolute Gasteiger partial charge is 0.264 e. The van der Waals surface area contributed by atoms with Crippen molar-refractivity contribution < 1.29 is 8.78 Å². The van der Waals surface area contributed by atoms with Crippen LogP contribution in [0.5, 0.6) is 0 Å². The fourth-order valence-corrected chi connectivity index (χ4v) is 2.19. The van der Waals surface area contributed by atoms with Crippen molar-refractivity contribution in [3.8, 4) is 0 Å². The number of pyridine rings is 1. The van der Waals surface area contributed by atoms with Crippen molar-refractivity contribution in [2.75, 3.05) is 0 Å². The molecule has 1 aromatic rings. The summed E-state index contributed by atoms with van der Waals surface area (Å²) in [6.45, 7) is 0. The summed E-state index contributed by atoms with van der Waals surface area (Å²) in [4.78, 5) is 13.2. The highest BCUT2D eigenvalue weighted by Crippen LogP contribution is 2.25. The second-order valence-corrected chi connectivity index (χ2v) is 3.66. The molecule has 2 nitrogen and oxygen atoms in total. The van der Waals surface area contributed by atoms with Gasteiger partial charge in [0.25, 0.3) is 6.43 Å². The van der Waals surface area contributed by atoms with E-state index >= 15 is 0 Å². The van der Waals surface area contributed by atoms with E-state index in [1.807, 2.05) is 0 Å². The largest absolute Gasteiger partial charge is 0.317 e. The van der Waals surface area contributed by atoms with Gasteiger partial charge >= 0.3 is 0 Å². The van der Waals surface area contributed by atoms with Crippen LogP contribution >= 0.6 is 34.2 Å². The van der Waals surface area contributed by atoms with Crippen LogP contribution in [0.1, 0.15) is 17.6 Å². The number of halogens is 4. The average molecular weight is 319 g/mol. The maximum Gasteiger partial charge on any atom is 0.264 e. The van der Waals surface area contributed by atoms with Gasteiger partial charge in [-0.2, -0.15) is 0 Å². The number of hydrogen-bond donors (Lipinski definition) is 1. The molecule has 0 aliphatic rings. The van der Waals surface area contributed by atoms with Crippen LogP contribution in [0.25, 0.3) is 0 Å². The summed E-state index contributed by atoms with van der Waals surface area (Å²) in [5.41, 5.74) is -0.534. The van der Waals surface area contributed by atoms with E-state index in [4.69, 9.17) is 11.6 Å². The Morgan fingerprint density at radius 1 is 1.62 bits per heavy atom. The van der Waals surface area contributed by atoms with Crippen molar-refractivity contribution in [3.63, 3.8) is 0 Å². The Balaban J connectivity index is 3.38. The summed E-state index contributed by atoms with van der Waals surface area (Å²) < 4.78 is 25.1. The molecule has 1 aromatic heterocycles. The van der Waals surface area contributed by atoms with Gasteiger partial charge in [0.2, 0.25) is 5.56 Å². The van der Waals surface area contributed by atoms with Crippen LogP contribution in [-0.2, 0) is 5.88 Å². The molecule has 1 heterocycles. The van der Waals surface area contributed by atoms with Crippen molar-refractivity contribution >= 4 is 34.2 Å². The zero-order valence-corrected chi connectivity index (χ0v) is 9.20. The van der Waals surface area contributed by atoms with Crippen LogP contribution in [-0.4, -0.2) is 4.98 Å². The minimum atomic E-state index is -2.66. The molecule has 0 spiro atoms. The van der Waals surface area contributed by atoms with E-state index in [0.29, 0.717) is 3.70 Å². The standard InChI is InChI=1S/C7H5ClF2INO/c8-2-4-3(6(9)10)1-5(13)12-7(4)11/h1,6H,2H2,(H,12,13). The van der Waals surface area contributed by atoms with Gasteiger partial charge in [-0.05, 0) is 22.6 Å². The lowest BCUT2D eigenvalue weighted by atomic mass is 10.2. The molecule has 0 aliphatic heterocycles. The van der Waals surface area contributed by atoms with Gasteiger partial charge in [-0.3, -0.25) is 4.79 Å². The molecule has 0 fully saturated rings. The van der Waals surface area contributed by atoms with E-state index in [1.165, 1.54) is 0 Å². The first kappa shape index (κ1) is 10.9. The van der Waals surface area contributed by atoms with Gasteiger partial charge in [-0.15, -0.1) is 11.6 Å². The normalized spacial score (nSPS) is 10.8. The molecule has 72 valence electrons. The third kappa shape index (κ3) is 2.40. The Morgan fingerprint density at radius 3 is 2.69 bits per heavy atom. The summed E-state index contributed by atoms with van der Waals surface area (Å²) in [7, 11) is 0. The number of nitrogens with one attached hydrogen (secondary N) is 1. The van der Waals surface area contributed by atoms with E-state index in [2.05, 4.69) is 4.98 Å². The summed E-state index contributed by atoms with van der Waals surface area (Å²) in [6.07, 6.45) is -2.66. The van der Waals surface area contributed by atoms with Crippen molar-refractivity contribution in [2.24, 2.45) is 0 Å². The van der Waals surface area contributed by atoms with Crippen molar-refractivity contribution in [3.05, 3.63) is 31.2 Å². The zero-order valence-electron chi connectivity index (χ0n) is 6.28. The lowest BCUT2D eigenvalue weighted by molar-refractivity contribution is 0.150. The maximum absolute atomic E-state index is 12.4. The van der Waals surface area contributed by atoms with Crippen LogP contribution in [0.3, 0.4) is 0 Å². The van der Waals surface area contributed by atoms with Gasteiger partial charge in [0, 0.05) is 17.2 Å². The molecule has 0 radical (unpaired) electrons. The monoisotopic (exact) mass is 319 g/mol. The van der Waals surface area contributed by atoms with Crippen LogP contribution in [0.4, 0.5) is 8.78 Å². The number of aromatic nitrogens is 1. The zero-order chi connectivity index (χ0) is 10.0. The highest BCUT2D eigenvalue weighted by atomic mass is 127. The maximum atomic E-state index is 12.4. The average Bonchev–Trinajstić information content (AvgIpc) is 2.02. The van der Waals surface area contributed by atoms with Gasteiger partial charge in [-0.1, -0.05) is 0 Å². The van der Waals surface area contributed by atoms with Crippen LogP contribution in [0, 0.1) is 3.70 Å². The van der Waals surface area contributed by atoms with Crippen LogP contribution in [0.15, 0.2) is 10.9 Å². The second kappa shape index (κ2) is 4.36. The lowest BCUT2D eigenvalue weighted by Gasteiger charge is -2.06. The SMILES string of the molecule is O=c1cc(C(F)F)c(CCl)c(I)[nH]1. The number of hydrogen-bond acceptors (Lipinski definition) is 1. The third-order valence-corrected chi connectivity index (χ3v) is 2.69. The summed E-state index contributed by atoms with van der Waals surface area (Å²) in [5.74, 6) is -0.0330. The van der Waals surface area contributed by atoms with Crippen LogP contribution in [0.2, 0.25) is 0 Å². The van der Waals surface area contributed by atoms with Gasteiger partial charge in [0.15, 0.2) is 0 Å². The molecule has 0 aromatic carbocycles. The molecule has 0 amide bonds. The molecule has 0 aliphatic carbocycles. The highest BCUT2D eigenvalue weighted by molar-refractivity contribution is 14.1. The highest BCUT2D eigenvalue weighted by Gasteiger charge is 2.15. The van der Waals surface area contributed by atoms with Crippen molar-refractivity contribution in [1.29, 1.82) is 0 Å². The minimum Gasteiger partial charge on any atom is -0.317 e. The van der Waals surface area contributed by atoms with Gasteiger partial charge < -0.3 is 4.98 Å². The topological polar surface area (TPSA) is 32.9 Å². The molecule has 0 atom stereocenters. The number of alkyl halides is 3. The Morgan fingerprint density at radius 2 is 2.23 bits per heavy atom. The van der Waals surface area contributed by atoms with E-state index in [9.17, 15) is 13.6 Å². The molecule has 1 N–H and O–H groups in total. The first-order valence-electron chi connectivity index (χ1n) is 3.32. The predicted octanol–water partition coefficient (Wildman–Crippen LogP) is 2.66. The Bertz CT molecular complexity index is 366. The second-order valence-electron chi connectivity index (χ2n) is 2.32. The molecule has 6 heteroatoms. The fraction of sp³-hybridized carbons (Fsp3) is 0.286. The third-order valence-electron chi connectivity index (χ3n) is 1.50. The molecule has 1 rings (SSSR count). The predicted molar refractivity (Wildman–Crippen MR) is 54.3 cm³/mol. The minimum absolute atomic E-state index is 0.0330. The van der Waals surface area contributed by atoms with Gasteiger partial charge in [0.05, 0.1) is 9.58 Å². The lowest BCUT2D eigenvalue weighted by Crippen LogP contribution is -2.11. The van der Waals surface area contributed by atoms with Crippen molar-refractivity contribution in [2.45, 2.75) is 12.3 Å². The number of aromatic amines is 1. The van der Waals surface area contributed by atoms with Gasteiger partial charge in [0.1, 0.15) is 0 Å². The molecule has 0 unspecified atom stereocenters. The van der Waals surface area contributed by atoms with E-state index in [1.54, 1.807) is 22.6 Å². The molecule has 0 saturated carbocycles. The molecular weight excluding hydrogens is 314 g/mol. The number of rotatable bonds is 2. The number of H-pyrrole nitrogens is 1. The molecule has 13 heavy (non-hydrogen) atoms. The Hall–Kier alpha value is -0.170.